The normalized spacial score (nSPS) is 18.7. The molecule has 1 fully saturated rings. The van der Waals surface area contributed by atoms with Gasteiger partial charge in [-0.1, -0.05) is 0 Å². The van der Waals surface area contributed by atoms with E-state index in [0.717, 1.165) is 48.5 Å². The highest BCUT2D eigenvalue weighted by Crippen LogP contribution is 2.39. The zero-order valence-corrected chi connectivity index (χ0v) is 16.5. The maximum atomic E-state index is 12.7. The number of likely N-dealkylation sites (N-methyl/N-ethyl adjacent to an activating group) is 1. The molecule has 4 rings (SSSR count). The van der Waals surface area contributed by atoms with Gasteiger partial charge in [-0.2, -0.15) is 13.2 Å². The number of hydrogen-bond donors (Lipinski definition) is 1. The predicted molar refractivity (Wildman–Crippen MR) is 104 cm³/mol. The molecule has 160 valence electrons. The molecule has 0 unspecified atom stereocenters. The van der Waals surface area contributed by atoms with E-state index in [2.05, 4.69) is 10.3 Å². The average molecular weight is 421 g/mol. The lowest BCUT2D eigenvalue weighted by Crippen LogP contribution is -2.34. The fraction of sp³-hybridized carbons (Fsp3) is 0.429. The van der Waals surface area contributed by atoms with Crippen molar-refractivity contribution in [1.29, 1.82) is 0 Å². The number of nitrogens with one attached hydrogen (secondary N) is 1. The molecule has 2 aromatic rings. The van der Waals surface area contributed by atoms with Gasteiger partial charge in [0.2, 0.25) is 11.8 Å². The van der Waals surface area contributed by atoms with E-state index in [1.165, 1.54) is 6.07 Å². The molecule has 0 radical (unpaired) electrons. The summed E-state index contributed by atoms with van der Waals surface area (Å²) in [6, 6.07) is 5.81. The number of hydrogen-bond acceptors (Lipinski definition) is 5. The van der Waals surface area contributed by atoms with Crippen LogP contribution in [0.4, 0.5) is 18.9 Å². The molecule has 1 saturated heterocycles. The van der Waals surface area contributed by atoms with Crippen molar-refractivity contribution in [2.24, 2.45) is 0 Å². The SMILES string of the molecule is CN1C(=O)CC[C@H]1CNc1cc(Oc2ccc(C(F)(F)F)cn2)cc2c1OCCC2. The minimum Gasteiger partial charge on any atom is -0.491 e. The maximum absolute atomic E-state index is 12.7. The highest BCUT2D eigenvalue weighted by atomic mass is 19.4. The molecule has 1 aromatic carbocycles. The third-order valence-electron chi connectivity index (χ3n) is 5.42. The Bertz CT molecular complexity index is 932. The van der Waals surface area contributed by atoms with Crippen LogP contribution in [0, 0.1) is 0 Å². The topological polar surface area (TPSA) is 63.7 Å². The van der Waals surface area contributed by atoms with Crippen LogP contribution in [-0.2, 0) is 17.4 Å². The molecule has 1 N–H and O–H groups in total. The molecule has 3 heterocycles. The molecule has 0 bridgehead atoms. The van der Waals surface area contributed by atoms with Crippen LogP contribution in [0.25, 0.3) is 0 Å². The third kappa shape index (κ3) is 4.29. The molecule has 1 amide bonds. The van der Waals surface area contributed by atoms with Crippen molar-refractivity contribution in [2.75, 3.05) is 25.5 Å². The van der Waals surface area contributed by atoms with Crippen LogP contribution < -0.4 is 14.8 Å². The molecular weight excluding hydrogens is 399 g/mol. The average Bonchev–Trinajstić information content (AvgIpc) is 3.04. The van der Waals surface area contributed by atoms with Crippen LogP contribution in [-0.4, -0.2) is 42.0 Å². The highest BCUT2D eigenvalue weighted by molar-refractivity contribution is 5.78. The Morgan fingerprint density at radius 3 is 2.80 bits per heavy atom. The first-order chi connectivity index (χ1) is 14.3. The van der Waals surface area contributed by atoms with E-state index in [0.29, 0.717) is 25.3 Å². The van der Waals surface area contributed by atoms with Crippen molar-refractivity contribution in [3.63, 3.8) is 0 Å². The molecule has 9 heteroatoms. The molecule has 0 aliphatic carbocycles. The largest absolute Gasteiger partial charge is 0.491 e. The van der Waals surface area contributed by atoms with Gasteiger partial charge in [0.1, 0.15) is 11.5 Å². The van der Waals surface area contributed by atoms with Crippen molar-refractivity contribution in [2.45, 2.75) is 37.9 Å². The number of halogens is 3. The number of benzene rings is 1. The number of anilines is 1. The van der Waals surface area contributed by atoms with Crippen LogP contribution in [0.15, 0.2) is 30.5 Å². The number of nitrogens with zero attached hydrogens (tertiary/aromatic N) is 2. The first-order valence-electron chi connectivity index (χ1n) is 9.81. The Morgan fingerprint density at radius 2 is 2.13 bits per heavy atom. The number of likely N-dealkylation sites (tertiary alicyclic amines) is 1. The number of pyridine rings is 1. The summed E-state index contributed by atoms with van der Waals surface area (Å²) in [6.45, 7) is 1.18. The maximum Gasteiger partial charge on any atom is 0.417 e. The van der Waals surface area contributed by atoms with E-state index in [-0.39, 0.29) is 17.8 Å². The Hall–Kier alpha value is -2.97. The number of amides is 1. The molecule has 0 spiro atoms. The second kappa shape index (κ2) is 8.04. The van der Waals surface area contributed by atoms with E-state index in [1.807, 2.05) is 6.07 Å². The summed E-state index contributed by atoms with van der Waals surface area (Å²) in [5.41, 5.74) is 0.872. The summed E-state index contributed by atoms with van der Waals surface area (Å²) in [6.07, 6.45) is -0.682. The molecule has 30 heavy (non-hydrogen) atoms. The zero-order chi connectivity index (χ0) is 21.3. The first-order valence-corrected chi connectivity index (χ1v) is 9.81. The van der Waals surface area contributed by atoms with Crippen molar-refractivity contribution in [3.8, 4) is 17.4 Å². The Balaban J connectivity index is 1.53. The second-order valence-electron chi connectivity index (χ2n) is 7.47. The summed E-state index contributed by atoms with van der Waals surface area (Å²) >= 11 is 0. The molecule has 1 atom stereocenters. The summed E-state index contributed by atoms with van der Waals surface area (Å²) in [4.78, 5) is 17.3. The molecule has 2 aliphatic heterocycles. The van der Waals surface area contributed by atoms with Crippen molar-refractivity contribution >= 4 is 11.6 Å². The summed E-state index contributed by atoms with van der Waals surface area (Å²) in [5, 5.41) is 3.35. The summed E-state index contributed by atoms with van der Waals surface area (Å²) in [5.74, 6) is 1.42. The Kier molecular flexibility index (Phi) is 5.44. The molecular formula is C21H22F3N3O3. The van der Waals surface area contributed by atoms with Gasteiger partial charge in [-0.3, -0.25) is 4.79 Å². The number of aromatic nitrogens is 1. The van der Waals surface area contributed by atoms with Crippen LogP contribution in [0.5, 0.6) is 17.4 Å². The first kappa shape index (κ1) is 20.3. The zero-order valence-electron chi connectivity index (χ0n) is 16.5. The lowest BCUT2D eigenvalue weighted by Gasteiger charge is -2.25. The minimum absolute atomic E-state index is 0.0757. The smallest absolute Gasteiger partial charge is 0.417 e. The van der Waals surface area contributed by atoms with Crippen LogP contribution >= 0.6 is 0 Å². The van der Waals surface area contributed by atoms with Gasteiger partial charge < -0.3 is 19.7 Å². The van der Waals surface area contributed by atoms with Gasteiger partial charge in [0.05, 0.1) is 17.9 Å². The van der Waals surface area contributed by atoms with E-state index in [4.69, 9.17) is 9.47 Å². The number of fused-ring (bicyclic) bond motifs is 1. The molecule has 2 aliphatic rings. The fourth-order valence-corrected chi connectivity index (χ4v) is 3.70. The molecule has 1 aromatic heterocycles. The fourth-order valence-electron chi connectivity index (χ4n) is 3.70. The molecule has 6 nitrogen and oxygen atoms in total. The lowest BCUT2D eigenvalue weighted by atomic mass is 10.0. The van der Waals surface area contributed by atoms with E-state index in [9.17, 15) is 18.0 Å². The predicted octanol–water partition coefficient (Wildman–Crippen LogP) is 4.25. The van der Waals surface area contributed by atoms with Gasteiger partial charge >= 0.3 is 6.18 Å². The van der Waals surface area contributed by atoms with Crippen molar-refractivity contribution in [3.05, 3.63) is 41.6 Å². The number of aryl methyl sites for hydroxylation is 1. The second-order valence-corrected chi connectivity index (χ2v) is 7.47. The van der Waals surface area contributed by atoms with Gasteiger partial charge in [-0.25, -0.2) is 4.98 Å². The number of alkyl halides is 3. The Morgan fingerprint density at radius 1 is 1.30 bits per heavy atom. The van der Waals surface area contributed by atoms with Crippen molar-refractivity contribution in [1.82, 2.24) is 9.88 Å². The third-order valence-corrected chi connectivity index (χ3v) is 5.42. The quantitative estimate of drug-likeness (QED) is 0.782. The number of rotatable bonds is 5. The van der Waals surface area contributed by atoms with Gasteiger partial charge in [0.15, 0.2) is 0 Å². The highest BCUT2D eigenvalue weighted by Gasteiger charge is 2.31. The summed E-state index contributed by atoms with van der Waals surface area (Å²) in [7, 11) is 1.80. The monoisotopic (exact) mass is 421 g/mol. The van der Waals surface area contributed by atoms with Crippen molar-refractivity contribution < 1.29 is 27.4 Å². The molecule has 0 saturated carbocycles. The van der Waals surface area contributed by atoms with Crippen LogP contribution in [0.3, 0.4) is 0 Å². The van der Waals surface area contributed by atoms with Crippen LogP contribution in [0.1, 0.15) is 30.4 Å². The van der Waals surface area contributed by atoms with E-state index < -0.39 is 11.7 Å². The number of carbonyl (C=O) groups is 1. The van der Waals surface area contributed by atoms with Gasteiger partial charge in [-0.05, 0) is 31.4 Å². The van der Waals surface area contributed by atoms with E-state index in [1.54, 1.807) is 18.0 Å². The number of ether oxygens (including phenoxy) is 2. The van der Waals surface area contributed by atoms with Gasteiger partial charge in [0, 0.05) is 49.9 Å². The lowest BCUT2D eigenvalue weighted by molar-refractivity contribution is -0.137. The minimum atomic E-state index is -4.44. The Labute approximate surface area is 172 Å². The van der Waals surface area contributed by atoms with Crippen LogP contribution in [0.2, 0.25) is 0 Å². The number of carbonyl (C=O) groups excluding carboxylic acids is 1. The summed E-state index contributed by atoms with van der Waals surface area (Å²) < 4.78 is 49.7. The van der Waals surface area contributed by atoms with Gasteiger partial charge in [-0.15, -0.1) is 0 Å². The standard InChI is InChI=1S/C21H22F3N3O3/c1-27-15(5-7-19(27)28)12-25-17-10-16(9-13-3-2-8-29-20(13)17)30-18-6-4-14(11-26-18)21(22,23)24/h4,6,9-11,15,25H,2-3,5,7-8,12H2,1H3/t15-/m0/s1. The van der Waals surface area contributed by atoms with E-state index >= 15 is 0 Å². The van der Waals surface area contributed by atoms with Gasteiger partial charge in [0.25, 0.3) is 0 Å².